The fourth-order valence-electron chi connectivity index (χ4n) is 4.23. The summed E-state index contributed by atoms with van der Waals surface area (Å²) in [5.74, 6) is 1.01. The second kappa shape index (κ2) is 6.78. The SMILES string of the molecule is Cn1c(C2CCCN2Cc2nc(C(F)(F)F)cc(=O)[nH]2)nc2c1CCCC2. The van der Waals surface area contributed by atoms with Crippen molar-refractivity contribution in [2.45, 2.75) is 57.3 Å². The predicted molar refractivity (Wildman–Crippen MR) is 92.1 cm³/mol. The molecule has 1 unspecified atom stereocenters. The first-order valence-electron chi connectivity index (χ1n) is 9.29. The summed E-state index contributed by atoms with van der Waals surface area (Å²) in [7, 11) is 2.02. The van der Waals surface area contributed by atoms with Crippen LogP contribution in [0.25, 0.3) is 0 Å². The van der Waals surface area contributed by atoms with Crippen molar-refractivity contribution in [3.63, 3.8) is 0 Å². The standard InChI is InChI=1S/C18H22F3N5O/c1-25-12-6-3-2-5-11(12)22-17(25)13-7-4-8-26(13)10-15-23-14(18(19,20)21)9-16(27)24-15/h9,13H,2-8,10H2,1H3,(H,23,24,27). The van der Waals surface area contributed by atoms with Crippen molar-refractivity contribution in [1.82, 2.24) is 24.4 Å². The molecule has 1 aliphatic heterocycles. The number of nitrogens with zero attached hydrogens (tertiary/aromatic N) is 4. The lowest BCUT2D eigenvalue weighted by Gasteiger charge is -2.24. The summed E-state index contributed by atoms with van der Waals surface area (Å²) in [5.41, 5.74) is 0.491. The summed E-state index contributed by atoms with van der Waals surface area (Å²) in [6, 6.07) is 0.526. The molecule has 1 fully saturated rings. The number of likely N-dealkylation sites (tertiary alicyclic amines) is 1. The molecule has 2 aliphatic rings. The Labute approximate surface area is 154 Å². The average Bonchev–Trinajstić information content (AvgIpc) is 3.18. The molecule has 1 atom stereocenters. The maximum atomic E-state index is 12.9. The highest BCUT2D eigenvalue weighted by Crippen LogP contribution is 2.34. The van der Waals surface area contributed by atoms with E-state index in [1.165, 1.54) is 5.69 Å². The van der Waals surface area contributed by atoms with Gasteiger partial charge in [0.2, 0.25) is 0 Å². The van der Waals surface area contributed by atoms with Crippen LogP contribution in [0.1, 0.15) is 60.5 Å². The monoisotopic (exact) mass is 381 g/mol. The van der Waals surface area contributed by atoms with Gasteiger partial charge in [-0.05, 0) is 45.1 Å². The minimum absolute atomic E-state index is 0.0282. The van der Waals surface area contributed by atoms with Crippen molar-refractivity contribution in [3.8, 4) is 0 Å². The summed E-state index contributed by atoms with van der Waals surface area (Å²) >= 11 is 0. The quantitative estimate of drug-likeness (QED) is 0.888. The highest BCUT2D eigenvalue weighted by atomic mass is 19.4. The maximum Gasteiger partial charge on any atom is 0.433 e. The van der Waals surface area contributed by atoms with E-state index in [0.29, 0.717) is 6.07 Å². The Hall–Kier alpha value is -2.16. The van der Waals surface area contributed by atoms with Gasteiger partial charge in [-0.25, -0.2) is 9.97 Å². The Kier molecular flexibility index (Phi) is 4.57. The van der Waals surface area contributed by atoms with Crippen molar-refractivity contribution in [1.29, 1.82) is 0 Å². The zero-order valence-corrected chi connectivity index (χ0v) is 15.1. The first-order valence-corrected chi connectivity index (χ1v) is 9.29. The zero-order chi connectivity index (χ0) is 19.2. The van der Waals surface area contributed by atoms with Crippen LogP contribution < -0.4 is 5.56 Å². The minimum atomic E-state index is -4.63. The predicted octanol–water partition coefficient (Wildman–Crippen LogP) is 2.74. The zero-order valence-electron chi connectivity index (χ0n) is 15.1. The second-order valence-corrected chi connectivity index (χ2v) is 7.33. The molecule has 0 radical (unpaired) electrons. The third-order valence-corrected chi connectivity index (χ3v) is 5.50. The molecule has 27 heavy (non-hydrogen) atoms. The van der Waals surface area contributed by atoms with Gasteiger partial charge < -0.3 is 9.55 Å². The van der Waals surface area contributed by atoms with Gasteiger partial charge in [0, 0.05) is 18.8 Å². The molecule has 1 saturated heterocycles. The first-order chi connectivity index (χ1) is 12.8. The molecule has 0 saturated carbocycles. The van der Waals surface area contributed by atoms with E-state index in [1.54, 1.807) is 0 Å². The van der Waals surface area contributed by atoms with Gasteiger partial charge >= 0.3 is 6.18 Å². The molecule has 4 rings (SSSR count). The number of aromatic amines is 1. The van der Waals surface area contributed by atoms with Crippen molar-refractivity contribution in [2.75, 3.05) is 6.54 Å². The lowest BCUT2D eigenvalue weighted by atomic mass is 10.0. The Balaban J connectivity index is 1.61. The molecule has 146 valence electrons. The Morgan fingerprint density at radius 1 is 1.22 bits per heavy atom. The molecule has 1 aliphatic carbocycles. The van der Waals surface area contributed by atoms with Crippen LogP contribution in [0, 0.1) is 0 Å². The second-order valence-electron chi connectivity index (χ2n) is 7.33. The van der Waals surface area contributed by atoms with Gasteiger partial charge in [0.1, 0.15) is 11.6 Å². The number of alkyl halides is 3. The first kappa shape index (κ1) is 18.2. The number of rotatable bonds is 3. The molecule has 0 aromatic carbocycles. The van der Waals surface area contributed by atoms with Gasteiger partial charge in [0.15, 0.2) is 5.69 Å². The highest BCUT2D eigenvalue weighted by molar-refractivity contribution is 5.22. The van der Waals surface area contributed by atoms with E-state index < -0.39 is 17.4 Å². The minimum Gasteiger partial charge on any atom is -0.334 e. The number of H-pyrrole nitrogens is 1. The van der Waals surface area contributed by atoms with E-state index in [2.05, 4.69) is 19.4 Å². The van der Waals surface area contributed by atoms with Gasteiger partial charge in [-0.1, -0.05) is 0 Å². The summed E-state index contributed by atoms with van der Waals surface area (Å²) in [6.45, 7) is 0.906. The third kappa shape index (κ3) is 3.52. The van der Waals surface area contributed by atoms with E-state index in [9.17, 15) is 18.0 Å². The molecule has 3 heterocycles. The Morgan fingerprint density at radius 2 is 2.00 bits per heavy atom. The van der Waals surface area contributed by atoms with Gasteiger partial charge in [0.05, 0.1) is 18.3 Å². The molecule has 1 N–H and O–H groups in total. The molecular formula is C18H22F3N5O. The smallest absolute Gasteiger partial charge is 0.334 e. The molecular weight excluding hydrogens is 359 g/mol. The Bertz CT molecular complexity index is 901. The van der Waals surface area contributed by atoms with E-state index in [-0.39, 0.29) is 18.4 Å². The van der Waals surface area contributed by atoms with Gasteiger partial charge in [-0.2, -0.15) is 13.2 Å². The molecule has 6 nitrogen and oxygen atoms in total. The van der Waals surface area contributed by atoms with E-state index >= 15 is 0 Å². The fraction of sp³-hybridized carbons (Fsp3) is 0.611. The highest BCUT2D eigenvalue weighted by Gasteiger charge is 2.35. The normalized spacial score (nSPS) is 20.8. The molecule has 0 bridgehead atoms. The van der Waals surface area contributed by atoms with Crippen LogP contribution in [0.2, 0.25) is 0 Å². The number of halogens is 3. The van der Waals surface area contributed by atoms with Crippen LogP contribution in [0.15, 0.2) is 10.9 Å². The molecule has 0 amide bonds. The summed E-state index contributed by atoms with van der Waals surface area (Å²) < 4.78 is 41.0. The summed E-state index contributed by atoms with van der Waals surface area (Å²) in [4.78, 5) is 24.6. The molecule has 2 aromatic heterocycles. The van der Waals surface area contributed by atoms with Crippen LogP contribution in [0.4, 0.5) is 13.2 Å². The largest absolute Gasteiger partial charge is 0.433 e. The number of hydrogen-bond donors (Lipinski definition) is 1. The summed E-state index contributed by atoms with van der Waals surface area (Å²) in [6.07, 6.45) is 1.51. The maximum absolute atomic E-state index is 12.9. The van der Waals surface area contributed by atoms with E-state index in [4.69, 9.17) is 4.98 Å². The number of fused-ring (bicyclic) bond motifs is 1. The molecule has 2 aromatic rings. The van der Waals surface area contributed by atoms with Crippen LogP contribution in [-0.4, -0.2) is 31.0 Å². The van der Waals surface area contributed by atoms with Crippen LogP contribution in [-0.2, 0) is 32.6 Å². The van der Waals surface area contributed by atoms with Crippen molar-refractivity contribution >= 4 is 0 Å². The lowest BCUT2D eigenvalue weighted by Crippen LogP contribution is -2.28. The molecule has 9 heteroatoms. The lowest BCUT2D eigenvalue weighted by molar-refractivity contribution is -0.141. The number of aryl methyl sites for hydroxylation is 1. The van der Waals surface area contributed by atoms with Crippen molar-refractivity contribution < 1.29 is 13.2 Å². The molecule has 0 spiro atoms. The fourth-order valence-corrected chi connectivity index (χ4v) is 4.23. The van der Waals surface area contributed by atoms with Gasteiger partial charge in [0.25, 0.3) is 5.56 Å². The van der Waals surface area contributed by atoms with Crippen LogP contribution in [0.5, 0.6) is 0 Å². The van der Waals surface area contributed by atoms with Gasteiger partial charge in [-0.15, -0.1) is 0 Å². The number of imidazole rings is 1. The van der Waals surface area contributed by atoms with Gasteiger partial charge in [-0.3, -0.25) is 9.69 Å². The number of aromatic nitrogens is 4. The third-order valence-electron chi connectivity index (χ3n) is 5.50. The van der Waals surface area contributed by atoms with E-state index in [1.807, 2.05) is 7.05 Å². The number of hydrogen-bond acceptors (Lipinski definition) is 4. The van der Waals surface area contributed by atoms with Crippen LogP contribution >= 0.6 is 0 Å². The average molecular weight is 381 g/mol. The van der Waals surface area contributed by atoms with Crippen LogP contribution in [0.3, 0.4) is 0 Å². The van der Waals surface area contributed by atoms with E-state index in [0.717, 1.165) is 56.6 Å². The topological polar surface area (TPSA) is 66.8 Å². The number of nitrogens with one attached hydrogen (secondary N) is 1. The van der Waals surface area contributed by atoms with Crippen molar-refractivity contribution in [2.24, 2.45) is 7.05 Å². The van der Waals surface area contributed by atoms with Crippen molar-refractivity contribution in [3.05, 3.63) is 45.2 Å². The Morgan fingerprint density at radius 3 is 2.74 bits per heavy atom. The summed E-state index contributed by atoms with van der Waals surface area (Å²) in [5, 5.41) is 0.